The molecular weight excluding hydrogens is 384 g/mol. The molecule has 3 nitrogen and oxygen atoms in total. The first-order chi connectivity index (χ1) is 9.65. The lowest BCUT2D eigenvalue weighted by Gasteiger charge is -2.09. The molecule has 0 saturated carbocycles. The van der Waals surface area contributed by atoms with Gasteiger partial charge in [-0.1, -0.05) is 40.2 Å². The van der Waals surface area contributed by atoms with E-state index >= 15 is 0 Å². The normalized spacial score (nSPS) is 10.7. The highest BCUT2D eigenvalue weighted by atomic mass is 79.9. The molecule has 0 bridgehead atoms. The summed E-state index contributed by atoms with van der Waals surface area (Å²) in [6, 6.07) is 13.5. The predicted molar refractivity (Wildman–Crippen MR) is 88.1 cm³/mol. The molecule has 0 aliphatic rings. The Morgan fingerprint density at radius 2 is 1.80 bits per heavy atom. The number of aromatic nitrogens is 1. The fourth-order valence-electron chi connectivity index (χ4n) is 2.06. The van der Waals surface area contributed by atoms with E-state index in [-0.39, 0.29) is 5.91 Å². The van der Waals surface area contributed by atoms with E-state index in [2.05, 4.69) is 42.2 Å². The molecular formula is C15H10Br2N2O. The van der Waals surface area contributed by atoms with Crippen LogP contribution in [0.1, 0.15) is 10.5 Å². The van der Waals surface area contributed by atoms with Crippen LogP contribution in [0.3, 0.4) is 0 Å². The molecule has 1 heterocycles. The van der Waals surface area contributed by atoms with E-state index in [1.165, 1.54) is 0 Å². The Kier molecular flexibility index (Phi) is 3.63. The first-order valence-corrected chi connectivity index (χ1v) is 7.56. The minimum Gasteiger partial charge on any atom is -0.356 e. The number of hydrogen-bond acceptors (Lipinski definition) is 1. The van der Waals surface area contributed by atoms with Crippen LogP contribution in [0.15, 0.2) is 57.6 Å². The van der Waals surface area contributed by atoms with Crippen LogP contribution in [-0.2, 0) is 0 Å². The van der Waals surface area contributed by atoms with E-state index in [0.717, 1.165) is 25.4 Å². The zero-order chi connectivity index (χ0) is 14.1. The molecule has 0 spiro atoms. The first kappa shape index (κ1) is 13.4. The fraction of sp³-hybridized carbons (Fsp3) is 0. The van der Waals surface area contributed by atoms with Crippen LogP contribution in [0.5, 0.6) is 0 Å². The van der Waals surface area contributed by atoms with E-state index in [1.54, 1.807) is 12.3 Å². The van der Waals surface area contributed by atoms with Gasteiger partial charge in [0.25, 0.3) is 5.91 Å². The number of aromatic amines is 1. The summed E-state index contributed by atoms with van der Waals surface area (Å²) in [5, 5.41) is 5.00. The highest BCUT2D eigenvalue weighted by Crippen LogP contribution is 2.30. The second-order valence-electron chi connectivity index (χ2n) is 4.33. The van der Waals surface area contributed by atoms with Gasteiger partial charge < -0.3 is 10.3 Å². The van der Waals surface area contributed by atoms with E-state index < -0.39 is 0 Å². The molecule has 0 unspecified atom stereocenters. The Morgan fingerprint density at radius 1 is 1.05 bits per heavy atom. The molecule has 0 radical (unpaired) electrons. The summed E-state index contributed by atoms with van der Waals surface area (Å²) in [6.07, 6.45) is 1.73. The molecule has 0 fully saturated rings. The number of anilines is 1. The zero-order valence-corrected chi connectivity index (χ0v) is 13.5. The third-order valence-electron chi connectivity index (χ3n) is 3.01. The molecule has 5 heteroatoms. The minimum atomic E-state index is -0.164. The smallest absolute Gasteiger partial charge is 0.272 e. The zero-order valence-electron chi connectivity index (χ0n) is 10.3. The summed E-state index contributed by atoms with van der Waals surface area (Å²) in [5.41, 5.74) is 1.31. The number of nitrogens with one attached hydrogen (secondary N) is 2. The van der Waals surface area contributed by atoms with Crippen LogP contribution in [0.25, 0.3) is 10.8 Å². The molecule has 1 amide bonds. The van der Waals surface area contributed by atoms with E-state index in [1.807, 2.05) is 36.4 Å². The third-order valence-corrected chi connectivity index (χ3v) is 4.16. The first-order valence-electron chi connectivity index (χ1n) is 5.97. The van der Waals surface area contributed by atoms with E-state index in [0.29, 0.717) is 5.69 Å². The highest BCUT2D eigenvalue weighted by molar-refractivity contribution is 9.11. The minimum absolute atomic E-state index is 0.164. The largest absolute Gasteiger partial charge is 0.356 e. The van der Waals surface area contributed by atoms with Gasteiger partial charge in [0.1, 0.15) is 5.69 Å². The average molecular weight is 394 g/mol. The Bertz CT molecular complexity index is 795. The van der Waals surface area contributed by atoms with Gasteiger partial charge in [-0.05, 0) is 39.5 Å². The summed E-state index contributed by atoms with van der Waals surface area (Å²) < 4.78 is 1.86. The van der Waals surface area contributed by atoms with Gasteiger partial charge in [-0.25, -0.2) is 0 Å². The second-order valence-corrected chi connectivity index (χ2v) is 6.10. The summed E-state index contributed by atoms with van der Waals surface area (Å²) in [5.74, 6) is -0.164. The van der Waals surface area contributed by atoms with Crippen molar-refractivity contribution in [3.63, 3.8) is 0 Å². The van der Waals surface area contributed by atoms with Crippen molar-refractivity contribution in [2.24, 2.45) is 0 Å². The van der Waals surface area contributed by atoms with Crippen molar-refractivity contribution >= 4 is 54.2 Å². The topological polar surface area (TPSA) is 44.9 Å². The van der Waals surface area contributed by atoms with Gasteiger partial charge in [-0.15, -0.1) is 0 Å². The average Bonchev–Trinajstić information content (AvgIpc) is 2.89. The molecule has 3 aromatic rings. The lowest BCUT2D eigenvalue weighted by Crippen LogP contribution is -2.12. The van der Waals surface area contributed by atoms with Gasteiger partial charge in [-0.3, -0.25) is 4.79 Å². The quantitative estimate of drug-likeness (QED) is 0.635. The molecule has 20 heavy (non-hydrogen) atoms. The summed E-state index contributed by atoms with van der Waals surface area (Å²) in [7, 11) is 0. The number of amides is 1. The second kappa shape index (κ2) is 5.42. The maximum atomic E-state index is 12.2. The van der Waals surface area contributed by atoms with Gasteiger partial charge >= 0.3 is 0 Å². The van der Waals surface area contributed by atoms with Crippen molar-refractivity contribution < 1.29 is 4.79 Å². The van der Waals surface area contributed by atoms with Gasteiger partial charge in [-0.2, -0.15) is 0 Å². The highest BCUT2D eigenvalue weighted by Gasteiger charge is 2.11. The number of carbonyl (C=O) groups excluding carboxylic acids is 1. The van der Waals surface area contributed by atoms with Crippen molar-refractivity contribution in [2.45, 2.75) is 0 Å². The molecule has 0 aliphatic heterocycles. The number of benzene rings is 2. The van der Waals surface area contributed by atoms with Crippen molar-refractivity contribution in [1.29, 1.82) is 0 Å². The SMILES string of the molecule is O=C(Nc1ccc(Br)c2ccccc12)c1cc(Br)c[nH]1. The third kappa shape index (κ3) is 2.51. The lowest BCUT2D eigenvalue weighted by molar-refractivity contribution is 0.102. The summed E-state index contributed by atoms with van der Waals surface area (Å²) in [6.45, 7) is 0. The molecule has 2 N–H and O–H groups in total. The van der Waals surface area contributed by atoms with Crippen LogP contribution in [0.4, 0.5) is 5.69 Å². The molecule has 0 saturated heterocycles. The Labute approximate surface area is 132 Å². The monoisotopic (exact) mass is 392 g/mol. The standard InChI is InChI=1S/C15H10Br2N2O/c16-9-7-14(18-8-9)15(20)19-13-6-5-12(17)10-3-1-2-4-11(10)13/h1-8,18H,(H,19,20). The Hall–Kier alpha value is -1.59. The predicted octanol–water partition coefficient (Wildman–Crippen LogP) is 4.95. The van der Waals surface area contributed by atoms with Crippen LogP contribution in [-0.4, -0.2) is 10.9 Å². The number of rotatable bonds is 2. The van der Waals surface area contributed by atoms with E-state index in [9.17, 15) is 4.79 Å². The molecule has 1 aromatic heterocycles. The van der Waals surface area contributed by atoms with Gasteiger partial charge in [0.2, 0.25) is 0 Å². The molecule has 3 rings (SSSR count). The fourth-order valence-corrected chi connectivity index (χ4v) is 2.88. The van der Waals surface area contributed by atoms with Gasteiger partial charge in [0.15, 0.2) is 0 Å². The maximum Gasteiger partial charge on any atom is 0.272 e. The summed E-state index contributed by atoms with van der Waals surface area (Å²) in [4.78, 5) is 15.1. The van der Waals surface area contributed by atoms with Crippen molar-refractivity contribution in [3.8, 4) is 0 Å². The molecule has 100 valence electrons. The molecule has 0 atom stereocenters. The van der Waals surface area contributed by atoms with Crippen LogP contribution in [0, 0.1) is 0 Å². The number of hydrogen-bond donors (Lipinski definition) is 2. The van der Waals surface area contributed by atoms with Crippen molar-refractivity contribution in [3.05, 3.63) is 63.3 Å². The molecule has 2 aromatic carbocycles. The Balaban J connectivity index is 1.99. The van der Waals surface area contributed by atoms with Gasteiger partial charge in [0, 0.05) is 26.2 Å². The maximum absolute atomic E-state index is 12.2. The van der Waals surface area contributed by atoms with E-state index in [4.69, 9.17) is 0 Å². The Morgan fingerprint density at radius 3 is 2.50 bits per heavy atom. The van der Waals surface area contributed by atoms with Gasteiger partial charge in [0.05, 0.1) is 0 Å². The number of halogens is 2. The number of fused-ring (bicyclic) bond motifs is 1. The number of H-pyrrole nitrogens is 1. The number of carbonyl (C=O) groups is 1. The van der Waals surface area contributed by atoms with Crippen molar-refractivity contribution in [1.82, 2.24) is 4.98 Å². The van der Waals surface area contributed by atoms with Crippen LogP contribution >= 0.6 is 31.9 Å². The van der Waals surface area contributed by atoms with Crippen LogP contribution in [0.2, 0.25) is 0 Å². The molecule has 0 aliphatic carbocycles. The lowest BCUT2D eigenvalue weighted by atomic mass is 10.1. The van der Waals surface area contributed by atoms with Crippen molar-refractivity contribution in [2.75, 3.05) is 5.32 Å². The summed E-state index contributed by atoms with van der Waals surface area (Å²) >= 11 is 6.84. The van der Waals surface area contributed by atoms with Crippen LogP contribution < -0.4 is 5.32 Å².